The molecule has 0 N–H and O–H groups in total. The molecule has 0 unspecified atom stereocenters. The van der Waals surface area contributed by atoms with Gasteiger partial charge in [-0.05, 0) is 0 Å². The van der Waals surface area contributed by atoms with Crippen molar-refractivity contribution >= 4 is 22.6 Å². The summed E-state index contributed by atoms with van der Waals surface area (Å²) in [6, 6.07) is 0.417. The Morgan fingerprint density at radius 3 is 2.50 bits per heavy atom. The Bertz CT molecular complexity index is 515. The molecule has 0 aliphatic carbocycles. The molecule has 0 saturated heterocycles. The van der Waals surface area contributed by atoms with Crippen LogP contribution in [0.1, 0.15) is 0 Å². The molecule has 0 aliphatic rings. The number of nitrogens with zero attached hydrogens (tertiary/aromatic N) is 2. The van der Waals surface area contributed by atoms with Crippen molar-refractivity contribution in [3.8, 4) is 0 Å². The summed E-state index contributed by atoms with van der Waals surface area (Å²) in [7, 11) is 0. The van der Waals surface area contributed by atoms with E-state index >= 15 is 0 Å². The van der Waals surface area contributed by atoms with Crippen LogP contribution in [0.3, 0.4) is 0 Å². The summed E-state index contributed by atoms with van der Waals surface area (Å²) < 4.78 is 38.8. The lowest BCUT2D eigenvalue weighted by Gasteiger charge is -2.00. The van der Waals surface area contributed by atoms with Crippen molar-refractivity contribution < 1.29 is 13.2 Å². The summed E-state index contributed by atoms with van der Waals surface area (Å²) in [5.74, 6) is -3.54. The normalized spacial score (nSPS) is 10.9. The lowest BCUT2D eigenvalue weighted by molar-refractivity contribution is 0.503. The fraction of sp³-hybridized carbons (Fsp3) is 0. The van der Waals surface area contributed by atoms with Crippen molar-refractivity contribution in [3.63, 3.8) is 0 Å². The van der Waals surface area contributed by atoms with Crippen molar-refractivity contribution in [3.05, 3.63) is 34.9 Å². The van der Waals surface area contributed by atoms with Crippen molar-refractivity contribution in [2.75, 3.05) is 0 Å². The lowest BCUT2D eigenvalue weighted by Crippen LogP contribution is -1.95. The molecule has 0 radical (unpaired) electrons. The summed E-state index contributed by atoms with van der Waals surface area (Å²) in [6.07, 6.45) is 1.06. The fourth-order valence-corrected chi connectivity index (χ4v) is 1.18. The van der Waals surface area contributed by atoms with Gasteiger partial charge in [0.2, 0.25) is 0 Å². The molecule has 0 atom stereocenters. The second kappa shape index (κ2) is 3.09. The molecule has 2 aromatic rings. The highest BCUT2D eigenvalue weighted by molar-refractivity contribution is 6.29. The van der Waals surface area contributed by atoms with Crippen molar-refractivity contribution in [2.24, 2.45) is 0 Å². The van der Waals surface area contributed by atoms with Gasteiger partial charge in [-0.25, -0.2) is 23.1 Å². The van der Waals surface area contributed by atoms with E-state index in [0.717, 1.165) is 6.20 Å². The molecule has 0 amide bonds. The fourth-order valence-electron chi connectivity index (χ4n) is 1.05. The summed E-state index contributed by atoms with van der Waals surface area (Å²) in [5.41, 5.74) is -0.844. The van der Waals surface area contributed by atoms with Crippen LogP contribution in [0.2, 0.25) is 5.15 Å². The molecule has 2 rings (SSSR count). The number of halogens is 4. The SMILES string of the molecule is Fc1cc(F)c2ncc(Cl)nc2c1F. The summed E-state index contributed by atoms with van der Waals surface area (Å²) in [5, 5.41) is -0.124. The van der Waals surface area contributed by atoms with Gasteiger partial charge in [-0.1, -0.05) is 11.6 Å². The van der Waals surface area contributed by atoms with Crippen LogP contribution in [0.5, 0.6) is 0 Å². The molecule has 14 heavy (non-hydrogen) atoms. The van der Waals surface area contributed by atoms with Crippen molar-refractivity contribution in [1.29, 1.82) is 0 Å². The zero-order valence-corrected chi connectivity index (χ0v) is 7.32. The molecular weight excluding hydrogens is 217 g/mol. The van der Waals surface area contributed by atoms with E-state index in [0.29, 0.717) is 6.07 Å². The van der Waals surface area contributed by atoms with E-state index in [9.17, 15) is 13.2 Å². The molecule has 0 fully saturated rings. The monoisotopic (exact) mass is 218 g/mol. The van der Waals surface area contributed by atoms with Gasteiger partial charge >= 0.3 is 0 Å². The van der Waals surface area contributed by atoms with E-state index < -0.39 is 23.0 Å². The minimum absolute atomic E-state index is 0.124. The number of rotatable bonds is 0. The maximum atomic E-state index is 13.1. The van der Waals surface area contributed by atoms with Gasteiger partial charge in [0.05, 0.1) is 6.20 Å². The second-order valence-electron chi connectivity index (χ2n) is 2.54. The van der Waals surface area contributed by atoms with Crippen LogP contribution in [-0.4, -0.2) is 9.97 Å². The third-order valence-electron chi connectivity index (χ3n) is 1.64. The third-order valence-corrected chi connectivity index (χ3v) is 1.82. The largest absolute Gasteiger partial charge is 0.248 e. The number of aromatic nitrogens is 2. The Hall–Kier alpha value is -1.36. The molecule has 0 aliphatic heterocycles. The molecule has 1 aromatic carbocycles. The molecule has 72 valence electrons. The first-order valence-corrected chi connectivity index (χ1v) is 3.93. The van der Waals surface area contributed by atoms with Crippen LogP contribution >= 0.6 is 11.6 Å². The second-order valence-corrected chi connectivity index (χ2v) is 2.93. The van der Waals surface area contributed by atoms with Crippen LogP contribution in [0, 0.1) is 17.5 Å². The van der Waals surface area contributed by atoms with Gasteiger partial charge in [0.1, 0.15) is 16.2 Å². The van der Waals surface area contributed by atoms with Crippen LogP contribution in [0.15, 0.2) is 12.3 Å². The lowest BCUT2D eigenvalue weighted by atomic mass is 10.2. The Balaban J connectivity index is 2.95. The highest BCUT2D eigenvalue weighted by atomic mass is 35.5. The zero-order valence-electron chi connectivity index (χ0n) is 6.56. The average Bonchev–Trinajstić information content (AvgIpc) is 2.14. The minimum Gasteiger partial charge on any atom is -0.248 e. The summed E-state index contributed by atoms with van der Waals surface area (Å²) in [6.45, 7) is 0. The van der Waals surface area contributed by atoms with Crippen LogP contribution in [0.4, 0.5) is 13.2 Å². The van der Waals surface area contributed by atoms with E-state index in [1.165, 1.54) is 0 Å². The summed E-state index contributed by atoms with van der Waals surface area (Å²) >= 11 is 5.41. The van der Waals surface area contributed by atoms with Gasteiger partial charge in [-0.3, -0.25) is 0 Å². The number of benzene rings is 1. The third kappa shape index (κ3) is 1.29. The molecule has 0 spiro atoms. The van der Waals surface area contributed by atoms with E-state index in [1.54, 1.807) is 0 Å². The molecule has 0 saturated carbocycles. The van der Waals surface area contributed by atoms with E-state index in [2.05, 4.69) is 9.97 Å². The van der Waals surface area contributed by atoms with E-state index in [4.69, 9.17) is 11.6 Å². The Morgan fingerprint density at radius 1 is 1.07 bits per heavy atom. The first-order valence-electron chi connectivity index (χ1n) is 3.55. The van der Waals surface area contributed by atoms with E-state index in [-0.39, 0.29) is 10.7 Å². The topological polar surface area (TPSA) is 25.8 Å². The van der Waals surface area contributed by atoms with Crippen molar-refractivity contribution in [2.45, 2.75) is 0 Å². The Morgan fingerprint density at radius 2 is 1.79 bits per heavy atom. The highest BCUT2D eigenvalue weighted by Gasteiger charge is 2.14. The molecule has 2 nitrogen and oxygen atoms in total. The highest BCUT2D eigenvalue weighted by Crippen LogP contribution is 2.21. The number of hydrogen-bond donors (Lipinski definition) is 0. The first-order chi connectivity index (χ1) is 6.59. The van der Waals surface area contributed by atoms with Gasteiger partial charge in [0.25, 0.3) is 0 Å². The first kappa shape index (κ1) is 9.21. The molecule has 1 heterocycles. The molecular formula is C8H2ClF3N2. The number of hydrogen-bond acceptors (Lipinski definition) is 2. The van der Waals surface area contributed by atoms with Gasteiger partial charge in [-0.2, -0.15) is 0 Å². The van der Waals surface area contributed by atoms with Gasteiger partial charge < -0.3 is 0 Å². The van der Waals surface area contributed by atoms with Crippen LogP contribution in [-0.2, 0) is 0 Å². The standard InChI is InChI=1S/C8H2ClF3N2/c9-5-2-13-7-4(11)1-3(10)6(12)8(7)14-5/h1-2H. The minimum atomic E-state index is -1.31. The van der Waals surface area contributed by atoms with Crippen LogP contribution in [0.25, 0.3) is 11.0 Å². The maximum Gasteiger partial charge on any atom is 0.186 e. The molecule has 6 heteroatoms. The van der Waals surface area contributed by atoms with Crippen molar-refractivity contribution in [1.82, 2.24) is 9.97 Å². The summed E-state index contributed by atoms with van der Waals surface area (Å²) in [4.78, 5) is 6.95. The smallest absolute Gasteiger partial charge is 0.186 e. The quantitative estimate of drug-likeness (QED) is 0.636. The number of fused-ring (bicyclic) bond motifs is 1. The van der Waals surface area contributed by atoms with Gasteiger partial charge in [0.15, 0.2) is 17.5 Å². The molecule has 0 bridgehead atoms. The van der Waals surface area contributed by atoms with Crippen LogP contribution < -0.4 is 0 Å². The maximum absolute atomic E-state index is 13.1. The molecule has 1 aromatic heterocycles. The van der Waals surface area contributed by atoms with Gasteiger partial charge in [-0.15, -0.1) is 0 Å². The van der Waals surface area contributed by atoms with E-state index in [1.807, 2.05) is 0 Å². The predicted octanol–water partition coefficient (Wildman–Crippen LogP) is 2.70. The Kier molecular flexibility index (Phi) is 2.03. The predicted molar refractivity (Wildman–Crippen MR) is 44.4 cm³/mol. The average molecular weight is 219 g/mol. The van der Waals surface area contributed by atoms with Gasteiger partial charge in [0, 0.05) is 6.07 Å². The Labute approximate surface area is 81.4 Å². The zero-order chi connectivity index (χ0) is 10.3.